The Hall–Kier alpha value is -7.00. The molecule has 338 valence electrons. The van der Waals surface area contributed by atoms with Crippen molar-refractivity contribution in [1.29, 1.82) is 0 Å². The van der Waals surface area contributed by atoms with Crippen LogP contribution in [0, 0.1) is 43.9 Å². The number of fused-ring (bicyclic) bond motifs is 4. The number of anilines is 3. The lowest BCUT2D eigenvalue weighted by Gasteiger charge is -2.50. The van der Waals surface area contributed by atoms with Crippen LogP contribution < -0.4 is 24.7 Å². The van der Waals surface area contributed by atoms with E-state index in [0.29, 0.717) is 27.7 Å². The molecule has 8 rings (SSSR count). The molecule has 2 N–H and O–H groups in total. The van der Waals surface area contributed by atoms with Crippen LogP contribution in [-0.2, 0) is 30.8 Å². The summed E-state index contributed by atoms with van der Waals surface area (Å²) in [7, 11) is 5.23. The van der Waals surface area contributed by atoms with Crippen molar-refractivity contribution in [1.82, 2.24) is 9.99 Å². The van der Waals surface area contributed by atoms with Gasteiger partial charge in [0.1, 0.15) is 0 Å². The zero-order valence-electron chi connectivity index (χ0n) is 34.3. The van der Waals surface area contributed by atoms with Crippen molar-refractivity contribution in [3.05, 3.63) is 119 Å². The van der Waals surface area contributed by atoms with Gasteiger partial charge in [0.2, 0.25) is 17.6 Å². The van der Waals surface area contributed by atoms with E-state index in [1.54, 1.807) is 6.08 Å². The molecule has 65 heavy (non-hydrogen) atoms. The van der Waals surface area contributed by atoms with E-state index in [-0.39, 0.29) is 46.2 Å². The number of methoxy groups -OCH3 is 2. The predicted octanol–water partition coefficient (Wildman–Crippen LogP) is 7.20. The van der Waals surface area contributed by atoms with E-state index >= 15 is 9.59 Å². The number of phenols is 1. The number of hydrazine groups is 1. The van der Waals surface area contributed by atoms with Crippen molar-refractivity contribution in [3.63, 3.8) is 0 Å². The van der Waals surface area contributed by atoms with Crippen molar-refractivity contribution in [2.75, 3.05) is 43.5 Å². The lowest BCUT2D eigenvalue weighted by Crippen LogP contribution is -2.53. The minimum Gasteiger partial charge on any atom is -0.502 e. The van der Waals surface area contributed by atoms with Crippen LogP contribution in [-0.4, -0.2) is 76.9 Å². The molecule has 23 heteroatoms. The van der Waals surface area contributed by atoms with Crippen LogP contribution in [0.4, 0.5) is 41.7 Å². The van der Waals surface area contributed by atoms with Crippen molar-refractivity contribution >= 4 is 75.4 Å². The fraction of sp³-hybridized carbons (Fsp3) is 0.310. The number of carbonyl (C=O) groups is 4. The summed E-state index contributed by atoms with van der Waals surface area (Å²) in [4.78, 5) is 88.4. The summed E-state index contributed by atoms with van der Waals surface area (Å²) in [5, 5.41) is 35.9. The molecule has 3 aromatic carbocycles. The van der Waals surface area contributed by atoms with Gasteiger partial charge in [0.15, 0.2) is 23.0 Å². The van der Waals surface area contributed by atoms with Gasteiger partial charge >= 0.3 is 17.6 Å². The number of phenolic OH excluding ortho intramolecular Hbond substituents is 1. The number of amides is 4. The van der Waals surface area contributed by atoms with Gasteiger partial charge in [-0.3, -0.25) is 44.8 Å². The number of benzene rings is 3. The molecule has 3 heterocycles. The second kappa shape index (κ2) is 15.9. The van der Waals surface area contributed by atoms with Gasteiger partial charge in [0.25, 0.3) is 11.8 Å². The van der Waals surface area contributed by atoms with E-state index in [1.807, 2.05) is 0 Å². The van der Waals surface area contributed by atoms with Crippen molar-refractivity contribution in [2.45, 2.75) is 30.4 Å². The minimum absolute atomic E-state index is 0.117. The first-order chi connectivity index (χ1) is 30.7. The lowest BCUT2D eigenvalue weighted by molar-refractivity contribution is -0.392. The SMILES string of the molecule is COc1cc(C2C3=CCC4C(=O)N(c5cc([N+](=O)[O-])c(N(C)C)c([N+](=O)[O-])c5)C(=O)C4C3CC3C(=O)N(Nc4ncc(C(F)(F)F)cc4Cl)C(=O)C32c2ccc(Cl)cc2)cc(OC)c1O. The van der Waals surface area contributed by atoms with E-state index in [9.17, 15) is 48.1 Å². The van der Waals surface area contributed by atoms with Crippen LogP contribution in [0.15, 0.2) is 72.4 Å². The highest BCUT2D eigenvalue weighted by Gasteiger charge is 2.70. The monoisotopic (exact) mass is 939 g/mol. The van der Waals surface area contributed by atoms with E-state index in [4.69, 9.17) is 32.7 Å². The van der Waals surface area contributed by atoms with E-state index in [2.05, 4.69) is 10.4 Å². The number of hydrogen-bond donors (Lipinski definition) is 2. The second-order valence-corrected chi connectivity index (χ2v) is 16.8. The summed E-state index contributed by atoms with van der Waals surface area (Å²) >= 11 is 12.6. The molecule has 0 spiro atoms. The van der Waals surface area contributed by atoms with Crippen LogP contribution in [0.2, 0.25) is 10.0 Å². The highest BCUT2D eigenvalue weighted by molar-refractivity contribution is 6.33. The normalized spacial score (nSPS) is 23.7. The largest absolute Gasteiger partial charge is 0.502 e. The maximum atomic E-state index is 15.5. The molecule has 2 saturated heterocycles. The number of hydrogen-bond acceptors (Lipinski definition) is 14. The molecule has 1 saturated carbocycles. The number of alkyl halides is 3. The van der Waals surface area contributed by atoms with Crippen LogP contribution in [0.1, 0.15) is 35.4 Å². The summed E-state index contributed by atoms with van der Waals surface area (Å²) < 4.78 is 51.8. The van der Waals surface area contributed by atoms with Crippen LogP contribution >= 0.6 is 23.2 Å². The molecule has 6 atom stereocenters. The lowest BCUT2D eigenvalue weighted by atomic mass is 9.49. The molecule has 4 aliphatic rings. The number of ether oxygens (including phenoxy) is 2. The molecular formula is C42H34Cl2F3N7O11. The number of aromatic nitrogens is 1. The van der Waals surface area contributed by atoms with Crippen LogP contribution in [0.5, 0.6) is 17.2 Å². The first-order valence-electron chi connectivity index (χ1n) is 19.5. The van der Waals surface area contributed by atoms with Gasteiger partial charge in [-0.15, -0.1) is 0 Å². The molecule has 1 aromatic heterocycles. The zero-order valence-corrected chi connectivity index (χ0v) is 35.8. The molecule has 4 amide bonds. The second-order valence-electron chi connectivity index (χ2n) is 15.9. The Morgan fingerprint density at radius 2 is 1.51 bits per heavy atom. The Morgan fingerprint density at radius 1 is 0.908 bits per heavy atom. The highest BCUT2D eigenvalue weighted by Crippen LogP contribution is 2.65. The van der Waals surface area contributed by atoms with Crippen molar-refractivity contribution < 1.29 is 56.8 Å². The summed E-state index contributed by atoms with van der Waals surface area (Å²) in [6, 6.07) is 11.2. The molecule has 0 radical (unpaired) electrons. The number of rotatable bonds is 10. The summed E-state index contributed by atoms with van der Waals surface area (Å²) in [6.45, 7) is 0. The Bertz CT molecular complexity index is 2730. The highest BCUT2D eigenvalue weighted by atomic mass is 35.5. The van der Waals surface area contributed by atoms with E-state index in [0.717, 1.165) is 17.0 Å². The third-order valence-electron chi connectivity index (χ3n) is 12.5. The molecule has 2 aliphatic carbocycles. The summed E-state index contributed by atoms with van der Waals surface area (Å²) in [6.07, 6.45) is -3.16. The Balaban J connectivity index is 1.34. The zero-order chi connectivity index (χ0) is 47.2. The number of nitrogens with zero attached hydrogens (tertiary/aromatic N) is 6. The standard InChI is InChI=1S/C42H34Cl2F3N7O11/c1-50(2)34-28(53(60)61)14-22(15-29(34)54(62)63)51-37(56)24-10-9-23-25(32(24)39(51)58)16-26-38(57)52(49-36-27(44)13-20(17-48-36)42(45,46)47)40(59)41(26,19-5-7-21(43)8-6-19)33(23)18-11-30(64-3)35(55)31(12-18)65-4/h5-9,11-15,17,24-26,32-33,55H,10,16H2,1-4H3,(H,48,49). The first-order valence-corrected chi connectivity index (χ1v) is 20.2. The van der Waals surface area contributed by atoms with Crippen LogP contribution in [0.3, 0.4) is 0 Å². The topological polar surface area (TPSA) is 228 Å². The number of nitrogens with one attached hydrogen (secondary N) is 1. The van der Waals surface area contributed by atoms with E-state index < -0.39 is 114 Å². The van der Waals surface area contributed by atoms with Gasteiger partial charge in [-0.2, -0.15) is 18.2 Å². The molecule has 18 nitrogen and oxygen atoms in total. The first kappa shape index (κ1) is 44.6. The van der Waals surface area contributed by atoms with Gasteiger partial charge in [0, 0.05) is 43.4 Å². The molecule has 3 fully saturated rings. The number of nitro groups is 2. The fourth-order valence-corrected chi connectivity index (χ4v) is 10.3. The van der Waals surface area contributed by atoms with Crippen molar-refractivity contribution in [2.24, 2.45) is 23.7 Å². The molecular weight excluding hydrogens is 906 g/mol. The minimum atomic E-state index is -4.84. The van der Waals surface area contributed by atoms with Gasteiger partial charge in [-0.1, -0.05) is 47.0 Å². The quantitative estimate of drug-likeness (QED) is 0.0694. The molecule has 2 aliphatic heterocycles. The number of nitro benzene ring substituents is 2. The third kappa shape index (κ3) is 6.82. The number of pyridine rings is 1. The molecule has 0 bridgehead atoms. The number of allylic oxidation sites excluding steroid dienone is 2. The molecule has 4 aromatic rings. The Labute approximate surface area is 375 Å². The van der Waals surface area contributed by atoms with Gasteiger partial charge in [-0.05, 0) is 60.2 Å². The Morgan fingerprint density at radius 3 is 2.03 bits per heavy atom. The van der Waals surface area contributed by atoms with Gasteiger partial charge in [0.05, 0.1) is 63.5 Å². The van der Waals surface area contributed by atoms with Gasteiger partial charge < -0.3 is 19.5 Å². The average Bonchev–Trinajstić information content (AvgIpc) is 3.64. The number of imide groups is 2. The smallest absolute Gasteiger partial charge is 0.417 e. The summed E-state index contributed by atoms with van der Waals surface area (Å²) in [5.74, 6) is -10.9. The number of halogens is 5. The third-order valence-corrected chi connectivity index (χ3v) is 13.1. The Kier molecular flexibility index (Phi) is 10.9. The van der Waals surface area contributed by atoms with Crippen molar-refractivity contribution in [3.8, 4) is 17.2 Å². The number of aromatic hydroxyl groups is 1. The van der Waals surface area contributed by atoms with E-state index in [1.165, 1.54) is 64.7 Å². The molecule has 6 unspecified atom stereocenters. The maximum Gasteiger partial charge on any atom is 0.417 e. The number of carbonyl (C=O) groups excluding carboxylic acids is 4. The van der Waals surface area contributed by atoms with Crippen LogP contribution in [0.25, 0.3) is 0 Å². The predicted molar refractivity (Wildman–Crippen MR) is 225 cm³/mol. The summed E-state index contributed by atoms with van der Waals surface area (Å²) in [5.41, 5.74) is -2.14. The maximum absolute atomic E-state index is 15.5. The average molecular weight is 941 g/mol. The fourth-order valence-electron chi connectivity index (χ4n) is 9.95. The van der Waals surface area contributed by atoms with Gasteiger partial charge in [-0.25, -0.2) is 9.88 Å².